The minimum absolute atomic E-state index is 0.148. The highest BCUT2D eigenvalue weighted by atomic mass is 16.1. The normalized spacial score (nSPS) is 10.2. The minimum Gasteiger partial charge on any atom is -0.362 e. The molecule has 0 aliphatic heterocycles. The molecule has 0 saturated carbocycles. The maximum atomic E-state index is 11.3. The fourth-order valence-electron chi connectivity index (χ4n) is 1.32. The van der Waals surface area contributed by atoms with Gasteiger partial charge in [-0.3, -0.25) is 4.79 Å². The molecule has 0 bridgehead atoms. The van der Waals surface area contributed by atoms with E-state index in [0.717, 1.165) is 29.8 Å². The quantitative estimate of drug-likeness (QED) is 0.713. The van der Waals surface area contributed by atoms with E-state index in [1.165, 1.54) is 0 Å². The summed E-state index contributed by atoms with van der Waals surface area (Å²) in [5.41, 5.74) is 3.05. The van der Waals surface area contributed by atoms with Crippen molar-refractivity contribution in [2.75, 3.05) is 0 Å². The van der Waals surface area contributed by atoms with Crippen LogP contribution in [0.3, 0.4) is 0 Å². The average molecular weight is 165 g/mol. The van der Waals surface area contributed by atoms with Gasteiger partial charge in [0.1, 0.15) is 0 Å². The van der Waals surface area contributed by atoms with Gasteiger partial charge in [-0.05, 0) is 20.3 Å². The molecule has 12 heavy (non-hydrogen) atoms. The molecule has 0 fully saturated rings. The zero-order valence-corrected chi connectivity index (χ0v) is 7.90. The van der Waals surface area contributed by atoms with Gasteiger partial charge < -0.3 is 4.98 Å². The number of hydrogen-bond acceptors (Lipinski definition) is 1. The van der Waals surface area contributed by atoms with Crippen molar-refractivity contribution in [2.45, 2.75) is 33.6 Å². The van der Waals surface area contributed by atoms with Crippen LogP contribution in [-0.2, 0) is 6.42 Å². The van der Waals surface area contributed by atoms with E-state index >= 15 is 0 Å². The second-order valence-electron chi connectivity index (χ2n) is 3.17. The summed E-state index contributed by atoms with van der Waals surface area (Å²) in [6.07, 6.45) is 2.03. The van der Waals surface area contributed by atoms with Crippen molar-refractivity contribution >= 4 is 0 Å². The lowest BCUT2D eigenvalue weighted by Crippen LogP contribution is -2.10. The van der Waals surface area contributed by atoms with Crippen molar-refractivity contribution in [3.05, 3.63) is 33.2 Å². The highest BCUT2D eigenvalue weighted by Gasteiger charge is 2.01. The van der Waals surface area contributed by atoms with Gasteiger partial charge in [-0.1, -0.05) is 13.3 Å². The lowest BCUT2D eigenvalue weighted by atomic mass is 10.1. The predicted octanol–water partition coefficient (Wildman–Crippen LogP) is 1.94. The molecule has 0 unspecified atom stereocenters. The SMILES string of the molecule is CCCc1[nH]c(C)cc(=O)c1C. The Labute approximate surface area is 72.6 Å². The highest BCUT2D eigenvalue weighted by Crippen LogP contribution is 2.03. The van der Waals surface area contributed by atoms with E-state index in [9.17, 15) is 4.79 Å². The maximum absolute atomic E-state index is 11.3. The highest BCUT2D eigenvalue weighted by molar-refractivity contribution is 5.21. The predicted molar refractivity (Wildman–Crippen MR) is 50.5 cm³/mol. The number of pyridine rings is 1. The van der Waals surface area contributed by atoms with E-state index in [0.29, 0.717) is 0 Å². The van der Waals surface area contributed by atoms with E-state index in [4.69, 9.17) is 0 Å². The van der Waals surface area contributed by atoms with Gasteiger partial charge in [-0.15, -0.1) is 0 Å². The monoisotopic (exact) mass is 165 g/mol. The number of aromatic amines is 1. The maximum Gasteiger partial charge on any atom is 0.184 e. The molecule has 0 atom stereocenters. The molecular weight excluding hydrogens is 150 g/mol. The Kier molecular flexibility index (Phi) is 2.69. The number of nitrogens with one attached hydrogen (secondary N) is 1. The molecule has 1 N–H and O–H groups in total. The molecule has 0 amide bonds. The molecule has 0 aromatic carbocycles. The second kappa shape index (κ2) is 3.57. The Hall–Kier alpha value is -1.05. The third kappa shape index (κ3) is 1.76. The van der Waals surface area contributed by atoms with Crippen LogP contribution < -0.4 is 5.43 Å². The van der Waals surface area contributed by atoms with Crippen LogP contribution in [0.4, 0.5) is 0 Å². The standard InChI is InChI=1S/C10H15NO/c1-4-5-9-8(3)10(12)6-7(2)11-9/h6H,4-5H2,1-3H3,(H,11,12). The van der Waals surface area contributed by atoms with Gasteiger partial charge in [0.25, 0.3) is 0 Å². The first-order chi connectivity index (χ1) is 5.65. The van der Waals surface area contributed by atoms with Crippen LogP contribution in [0, 0.1) is 13.8 Å². The van der Waals surface area contributed by atoms with Gasteiger partial charge >= 0.3 is 0 Å². The van der Waals surface area contributed by atoms with Crippen LogP contribution in [0.1, 0.15) is 30.3 Å². The lowest BCUT2D eigenvalue weighted by Gasteiger charge is -2.04. The number of hydrogen-bond donors (Lipinski definition) is 1. The van der Waals surface area contributed by atoms with Crippen molar-refractivity contribution in [1.82, 2.24) is 4.98 Å². The van der Waals surface area contributed by atoms with E-state index in [-0.39, 0.29) is 5.43 Å². The van der Waals surface area contributed by atoms with Crippen molar-refractivity contribution in [3.8, 4) is 0 Å². The largest absolute Gasteiger partial charge is 0.362 e. The van der Waals surface area contributed by atoms with Gasteiger partial charge in [0.2, 0.25) is 0 Å². The first-order valence-corrected chi connectivity index (χ1v) is 4.34. The number of aromatic nitrogens is 1. The second-order valence-corrected chi connectivity index (χ2v) is 3.17. The van der Waals surface area contributed by atoms with Crippen LogP contribution in [0.5, 0.6) is 0 Å². The van der Waals surface area contributed by atoms with Crippen LogP contribution in [0.15, 0.2) is 10.9 Å². The summed E-state index contributed by atoms with van der Waals surface area (Å²) in [7, 11) is 0. The molecule has 1 aromatic rings. The Morgan fingerprint density at radius 3 is 2.67 bits per heavy atom. The molecule has 1 aromatic heterocycles. The molecular formula is C10H15NO. The van der Waals surface area contributed by atoms with Crippen molar-refractivity contribution in [3.63, 3.8) is 0 Å². The molecule has 0 aliphatic carbocycles. The fourth-order valence-corrected chi connectivity index (χ4v) is 1.32. The smallest absolute Gasteiger partial charge is 0.184 e. The van der Waals surface area contributed by atoms with E-state index in [1.807, 2.05) is 13.8 Å². The molecule has 1 heterocycles. The van der Waals surface area contributed by atoms with Crippen molar-refractivity contribution in [2.24, 2.45) is 0 Å². The van der Waals surface area contributed by atoms with E-state index < -0.39 is 0 Å². The van der Waals surface area contributed by atoms with Crippen molar-refractivity contribution in [1.29, 1.82) is 0 Å². The van der Waals surface area contributed by atoms with Crippen molar-refractivity contribution < 1.29 is 0 Å². The number of rotatable bonds is 2. The number of aryl methyl sites for hydroxylation is 2. The molecule has 2 heteroatoms. The first kappa shape index (κ1) is 9.04. The topological polar surface area (TPSA) is 32.9 Å². The van der Waals surface area contributed by atoms with Gasteiger partial charge in [0.15, 0.2) is 5.43 Å². The van der Waals surface area contributed by atoms with Crippen LogP contribution in [0.2, 0.25) is 0 Å². The summed E-state index contributed by atoms with van der Waals surface area (Å²) >= 11 is 0. The average Bonchev–Trinajstić information content (AvgIpc) is 2.00. The zero-order valence-electron chi connectivity index (χ0n) is 7.90. The van der Waals surface area contributed by atoms with Gasteiger partial charge in [-0.2, -0.15) is 0 Å². The molecule has 0 saturated heterocycles. The summed E-state index contributed by atoms with van der Waals surface area (Å²) < 4.78 is 0. The Morgan fingerprint density at radius 2 is 2.08 bits per heavy atom. The molecule has 2 nitrogen and oxygen atoms in total. The Bertz CT molecular complexity index is 325. The van der Waals surface area contributed by atoms with Crippen LogP contribution >= 0.6 is 0 Å². The molecule has 1 rings (SSSR count). The van der Waals surface area contributed by atoms with Gasteiger partial charge in [0.05, 0.1) is 0 Å². The van der Waals surface area contributed by atoms with E-state index in [2.05, 4.69) is 11.9 Å². The lowest BCUT2D eigenvalue weighted by molar-refractivity contribution is 0.858. The van der Waals surface area contributed by atoms with Crippen LogP contribution in [-0.4, -0.2) is 4.98 Å². The van der Waals surface area contributed by atoms with Gasteiger partial charge in [-0.25, -0.2) is 0 Å². The summed E-state index contributed by atoms with van der Waals surface area (Å²) in [6.45, 7) is 5.91. The third-order valence-corrected chi connectivity index (χ3v) is 2.02. The molecule has 0 aliphatic rings. The summed E-state index contributed by atoms with van der Waals surface area (Å²) in [5.74, 6) is 0. The van der Waals surface area contributed by atoms with Gasteiger partial charge in [0, 0.05) is 23.0 Å². The fraction of sp³-hybridized carbons (Fsp3) is 0.500. The summed E-state index contributed by atoms with van der Waals surface area (Å²) in [5, 5.41) is 0. The first-order valence-electron chi connectivity index (χ1n) is 4.34. The Morgan fingerprint density at radius 1 is 1.42 bits per heavy atom. The Balaban J connectivity index is 3.18. The van der Waals surface area contributed by atoms with E-state index in [1.54, 1.807) is 6.07 Å². The molecule has 0 spiro atoms. The third-order valence-electron chi connectivity index (χ3n) is 2.02. The minimum atomic E-state index is 0.148. The van der Waals surface area contributed by atoms with Crippen LogP contribution in [0.25, 0.3) is 0 Å². The summed E-state index contributed by atoms with van der Waals surface area (Å²) in [6, 6.07) is 1.65. The molecule has 66 valence electrons. The summed E-state index contributed by atoms with van der Waals surface area (Å²) in [4.78, 5) is 14.5. The number of H-pyrrole nitrogens is 1. The zero-order chi connectivity index (χ0) is 9.14. The molecule has 0 radical (unpaired) electrons.